The van der Waals surface area contributed by atoms with Gasteiger partial charge >= 0.3 is 6.85 Å². The minimum Gasteiger partial charge on any atom is -0.375 e. The van der Waals surface area contributed by atoms with Crippen molar-refractivity contribution < 1.29 is 0 Å². The Balaban J connectivity index is 1.23. The van der Waals surface area contributed by atoms with Gasteiger partial charge in [0.15, 0.2) is 0 Å². The van der Waals surface area contributed by atoms with E-state index in [9.17, 15) is 0 Å². The van der Waals surface area contributed by atoms with Gasteiger partial charge in [0, 0.05) is 84.8 Å². The molecular weight excluding hydrogens is 752 g/mol. The van der Waals surface area contributed by atoms with Gasteiger partial charge in [0.05, 0.1) is 0 Å². The van der Waals surface area contributed by atoms with Gasteiger partial charge in [0.2, 0.25) is 0 Å². The fourth-order valence-electron chi connectivity index (χ4n) is 10.5. The van der Waals surface area contributed by atoms with Gasteiger partial charge in [-0.1, -0.05) is 108 Å². The highest BCUT2D eigenvalue weighted by molar-refractivity contribution is 7.26. The Morgan fingerprint density at radius 3 is 1.86 bits per heavy atom. The van der Waals surface area contributed by atoms with E-state index >= 15 is 0 Å². The molecule has 0 spiro atoms. The van der Waals surface area contributed by atoms with Crippen LogP contribution in [0.2, 0.25) is 0 Å². The quantitative estimate of drug-likeness (QED) is 0.150. The van der Waals surface area contributed by atoms with E-state index in [-0.39, 0.29) is 17.7 Å². The van der Waals surface area contributed by atoms with Crippen LogP contribution in [0, 0.1) is 0 Å². The third kappa shape index (κ3) is 4.58. The summed E-state index contributed by atoms with van der Waals surface area (Å²) >= 11 is 3.81. The van der Waals surface area contributed by atoms with Gasteiger partial charge in [-0.25, -0.2) is 0 Å². The maximum Gasteiger partial charge on any atom is 0.333 e. The van der Waals surface area contributed by atoms with Crippen molar-refractivity contribution >= 4 is 130 Å². The van der Waals surface area contributed by atoms with Crippen molar-refractivity contribution in [3.8, 4) is 11.1 Å². The lowest BCUT2D eigenvalue weighted by molar-refractivity contribution is 0.590. The Morgan fingerprint density at radius 2 is 1.12 bits per heavy atom. The van der Waals surface area contributed by atoms with Crippen LogP contribution in [0.25, 0.3) is 84.0 Å². The Bertz CT molecular complexity index is 3660. The van der Waals surface area contributed by atoms with E-state index in [2.05, 4.69) is 190 Å². The lowest BCUT2D eigenvalue weighted by atomic mass is 9.44. The van der Waals surface area contributed by atoms with E-state index in [1.165, 1.54) is 123 Å². The zero-order valence-corrected chi connectivity index (χ0v) is 35.7. The largest absolute Gasteiger partial charge is 0.375 e. The molecule has 2 aliphatic rings. The fourth-order valence-corrected chi connectivity index (χ4v) is 12.7. The Labute approximate surface area is 352 Å². The number of nitrogens with zero attached hydrogens (tertiary/aromatic N) is 2. The van der Waals surface area contributed by atoms with Gasteiger partial charge in [-0.3, -0.25) is 0 Å². The highest BCUT2D eigenvalue weighted by Gasteiger charge is 2.44. The Morgan fingerprint density at radius 1 is 0.475 bits per heavy atom. The zero-order valence-electron chi connectivity index (χ0n) is 34.1. The second-order valence-electron chi connectivity index (χ2n) is 18.9. The number of anilines is 3. The summed E-state index contributed by atoms with van der Waals surface area (Å²) in [4.78, 5) is 2.62. The molecule has 0 saturated carbocycles. The van der Waals surface area contributed by atoms with Crippen molar-refractivity contribution in [3.05, 3.63) is 151 Å². The highest BCUT2D eigenvalue weighted by Crippen LogP contribution is 2.51. The SMILES string of the molecule is CC(C)(C)c1ccc2c(c1)c1cc(C(C)(C)C)cc3c1n2B1c2cc4sc5ccccc5c4cc2N(c2ccc4sc5ccccc5c4c2)c2cc4ccccc4c-3c21. The third-order valence-electron chi connectivity index (χ3n) is 13.4. The summed E-state index contributed by atoms with van der Waals surface area (Å²) in [6, 6.07) is 54.1. The second-order valence-corrected chi connectivity index (χ2v) is 21.1. The maximum absolute atomic E-state index is 2.74. The average Bonchev–Trinajstić information content (AvgIpc) is 3.89. The van der Waals surface area contributed by atoms with Crippen molar-refractivity contribution in [2.75, 3.05) is 4.90 Å². The molecule has 2 aliphatic heterocycles. The van der Waals surface area contributed by atoms with Crippen LogP contribution in [0.4, 0.5) is 17.1 Å². The van der Waals surface area contributed by atoms with E-state index < -0.39 is 0 Å². The van der Waals surface area contributed by atoms with Crippen molar-refractivity contribution in [2.24, 2.45) is 0 Å². The molecule has 8 aromatic carbocycles. The summed E-state index contributed by atoms with van der Waals surface area (Å²) in [5, 5.41) is 10.6. The summed E-state index contributed by atoms with van der Waals surface area (Å²) in [5.74, 6) is 0. The van der Waals surface area contributed by atoms with E-state index in [0.717, 1.165) is 0 Å². The molecule has 0 bridgehead atoms. The van der Waals surface area contributed by atoms with E-state index in [0.29, 0.717) is 0 Å². The summed E-state index contributed by atoms with van der Waals surface area (Å²) in [6.45, 7) is 14.1. The van der Waals surface area contributed by atoms with E-state index in [4.69, 9.17) is 0 Å². The van der Waals surface area contributed by atoms with Crippen molar-refractivity contribution in [1.82, 2.24) is 4.48 Å². The summed E-state index contributed by atoms with van der Waals surface area (Å²) in [7, 11) is 0. The molecule has 0 saturated heterocycles. The molecule has 5 heterocycles. The van der Waals surface area contributed by atoms with Crippen molar-refractivity contribution in [1.29, 1.82) is 0 Å². The summed E-state index contributed by atoms with van der Waals surface area (Å²) in [6.07, 6.45) is 0. The van der Waals surface area contributed by atoms with Gasteiger partial charge in [0.1, 0.15) is 0 Å². The smallest absolute Gasteiger partial charge is 0.333 e. The molecule has 5 heteroatoms. The number of rotatable bonds is 1. The number of fused-ring (bicyclic) bond motifs is 15. The fraction of sp³-hybridized carbons (Fsp3) is 0.148. The zero-order chi connectivity index (χ0) is 39.7. The van der Waals surface area contributed by atoms with Gasteiger partial charge in [-0.15, -0.1) is 22.7 Å². The highest BCUT2D eigenvalue weighted by atomic mass is 32.1. The van der Waals surface area contributed by atoms with Crippen LogP contribution in [0.15, 0.2) is 140 Å². The molecule has 3 aromatic heterocycles. The molecule has 0 aliphatic carbocycles. The summed E-state index contributed by atoms with van der Waals surface area (Å²) < 4.78 is 8.07. The van der Waals surface area contributed by atoms with Gasteiger partial charge < -0.3 is 9.38 Å². The van der Waals surface area contributed by atoms with Crippen LogP contribution < -0.4 is 15.8 Å². The Kier molecular flexibility index (Phi) is 6.60. The monoisotopic (exact) mass is 792 g/mol. The molecule has 0 unspecified atom stereocenters. The van der Waals surface area contributed by atoms with Crippen molar-refractivity contribution in [2.45, 2.75) is 52.4 Å². The molecule has 59 heavy (non-hydrogen) atoms. The lowest BCUT2D eigenvalue weighted by Gasteiger charge is -2.41. The van der Waals surface area contributed by atoms with Crippen LogP contribution >= 0.6 is 22.7 Å². The standard InChI is InChI=1S/C54H41BN2S2/c1-53(2,3)31-19-21-43-37(24-31)40-25-32(54(4,5)6)26-41-50-34-14-8-7-13-30(34)23-45-51(50)55(57(43)52(40)41)42-29-49-39(36-16-10-12-18-47(36)59-49)28-44(42)56(45)33-20-22-48-38(27-33)35-15-9-11-17-46(35)58-48/h7-29H,1-6H3. The van der Waals surface area contributed by atoms with E-state index in [1.54, 1.807) is 0 Å². The first kappa shape index (κ1) is 34.0. The number of thiophene rings is 2. The molecule has 0 amide bonds. The molecule has 2 nitrogen and oxygen atoms in total. The lowest BCUT2D eigenvalue weighted by Crippen LogP contribution is -2.56. The van der Waals surface area contributed by atoms with Gasteiger partial charge in [-0.2, -0.15) is 0 Å². The normalized spacial score (nSPS) is 13.9. The predicted molar refractivity (Wildman–Crippen MR) is 261 cm³/mol. The second kappa shape index (κ2) is 11.4. The van der Waals surface area contributed by atoms with Crippen LogP contribution in [0.3, 0.4) is 0 Å². The van der Waals surface area contributed by atoms with Crippen molar-refractivity contribution in [3.63, 3.8) is 0 Å². The molecule has 13 rings (SSSR count). The number of hydrogen-bond acceptors (Lipinski definition) is 3. The van der Waals surface area contributed by atoms with Gasteiger partial charge in [-0.05, 0) is 122 Å². The minimum atomic E-state index is -0.0353. The molecular formula is C54H41BN2S2. The Hall–Kier alpha value is -5.88. The third-order valence-corrected chi connectivity index (χ3v) is 15.7. The molecule has 282 valence electrons. The maximum atomic E-state index is 2.74. The number of hydrogen-bond donors (Lipinski definition) is 0. The molecule has 0 N–H and O–H groups in total. The van der Waals surface area contributed by atoms with Crippen LogP contribution in [-0.2, 0) is 10.8 Å². The average molecular weight is 793 g/mol. The molecule has 0 fully saturated rings. The van der Waals surface area contributed by atoms with E-state index in [1.807, 2.05) is 22.7 Å². The molecule has 0 radical (unpaired) electrons. The first-order valence-electron chi connectivity index (χ1n) is 20.9. The van der Waals surface area contributed by atoms with Crippen LogP contribution in [0.1, 0.15) is 52.7 Å². The van der Waals surface area contributed by atoms with Crippen LogP contribution in [-0.4, -0.2) is 11.3 Å². The molecule has 11 aromatic rings. The van der Waals surface area contributed by atoms with Crippen LogP contribution in [0.5, 0.6) is 0 Å². The first-order chi connectivity index (χ1) is 28.5. The first-order valence-corrected chi connectivity index (χ1v) is 22.5. The number of aromatic nitrogens is 1. The predicted octanol–water partition coefficient (Wildman–Crippen LogP) is 14.7. The minimum absolute atomic E-state index is 0.0235. The van der Waals surface area contributed by atoms with Gasteiger partial charge in [0.25, 0.3) is 0 Å². The number of benzene rings is 8. The topological polar surface area (TPSA) is 8.17 Å². The molecule has 0 atom stereocenters. The summed E-state index contributed by atoms with van der Waals surface area (Å²) in [5.41, 5.74) is 14.6.